The summed E-state index contributed by atoms with van der Waals surface area (Å²) in [5, 5.41) is 0. The van der Waals surface area contributed by atoms with Crippen molar-refractivity contribution in [2.45, 2.75) is 13.3 Å². The van der Waals surface area contributed by atoms with Gasteiger partial charge in [-0.25, -0.2) is 4.39 Å². The number of carbonyl (C=O) groups is 1. The molecule has 0 radical (unpaired) electrons. The summed E-state index contributed by atoms with van der Waals surface area (Å²) in [4.78, 5) is 14.2. The fourth-order valence-corrected chi connectivity index (χ4v) is 2.99. The van der Waals surface area contributed by atoms with Crippen molar-refractivity contribution in [3.63, 3.8) is 0 Å². The second-order valence-corrected chi connectivity index (χ2v) is 6.20. The lowest BCUT2D eigenvalue weighted by Gasteiger charge is -2.17. The predicted molar refractivity (Wildman–Crippen MR) is 89.6 cm³/mol. The zero-order valence-electron chi connectivity index (χ0n) is 13.3. The van der Waals surface area contributed by atoms with Crippen LogP contribution in [0.3, 0.4) is 0 Å². The maximum absolute atomic E-state index is 14.4. The average Bonchev–Trinajstić information content (AvgIpc) is 3.04. The molecule has 1 fully saturated rings. The van der Waals surface area contributed by atoms with Gasteiger partial charge in [-0.05, 0) is 49.1 Å². The van der Waals surface area contributed by atoms with Crippen LogP contribution in [0.15, 0.2) is 42.5 Å². The van der Waals surface area contributed by atoms with E-state index in [9.17, 15) is 9.18 Å². The Bertz CT molecular complexity index is 712. The summed E-state index contributed by atoms with van der Waals surface area (Å²) in [6.07, 6.45) is 0.894. The summed E-state index contributed by atoms with van der Waals surface area (Å²) in [6.45, 7) is 3.85. The van der Waals surface area contributed by atoms with Crippen LogP contribution in [0, 0.1) is 18.7 Å². The largest absolute Gasteiger partial charge is 0.338 e. The smallest absolute Gasteiger partial charge is 0.256 e. The molecule has 1 amide bonds. The van der Waals surface area contributed by atoms with Crippen LogP contribution in [0.1, 0.15) is 22.3 Å². The van der Waals surface area contributed by atoms with Crippen molar-refractivity contribution in [2.75, 3.05) is 19.6 Å². The third-order valence-electron chi connectivity index (χ3n) is 4.49. The number of amides is 1. The van der Waals surface area contributed by atoms with Gasteiger partial charge in [0.1, 0.15) is 5.82 Å². The second kappa shape index (κ2) is 6.50. The second-order valence-electron chi connectivity index (χ2n) is 6.20. The summed E-state index contributed by atoms with van der Waals surface area (Å²) in [6, 6.07) is 12.7. The molecule has 120 valence electrons. The van der Waals surface area contributed by atoms with Crippen LogP contribution >= 0.6 is 0 Å². The number of carbonyl (C=O) groups excluding carboxylic acids is 1. The first-order valence-electron chi connectivity index (χ1n) is 7.94. The summed E-state index contributed by atoms with van der Waals surface area (Å²) in [5.41, 5.74) is 8.66. The molecule has 1 saturated heterocycles. The summed E-state index contributed by atoms with van der Waals surface area (Å²) >= 11 is 0. The molecule has 0 aliphatic carbocycles. The van der Waals surface area contributed by atoms with Crippen LogP contribution in [0.5, 0.6) is 0 Å². The van der Waals surface area contributed by atoms with Crippen LogP contribution < -0.4 is 5.73 Å². The molecule has 2 N–H and O–H groups in total. The van der Waals surface area contributed by atoms with Crippen LogP contribution in [0.4, 0.5) is 4.39 Å². The monoisotopic (exact) mass is 312 g/mol. The minimum absolute atomic E-state index is 0.138. The van der Waals surface area contributed by atoms with Crippen molar-refractivity contribution in [3.05, 3.63) is 59.4 Å². The van der Waals surface area contributed by atoms with Crippen molar-refractivity contribution in [1.82, 2.24) is 4.90 Å². The molecule has 1 heterocycles. The van der Waals surface area contributed by atoms with E-state index in [4.69, 9.17) is 5.73 Å². The number of nitrogens with zero attached hydrogens (tertiary/aromatic N) is 1. The Labute approximate surface area is 135 Å². The zero-order valence-corrected chi connectivity index (χ0v) is 13.3. The van der Waals surface area contributed by atoms with Crippen molar-refractivity contribution in [1.29, 1.82) is 0 Å². The standard InChI is InChI=1S/C19H21FN2O/c1-13-2-4-15(5-3-13)16-6-7-17(18(20)10-16)19(23)22-9-8-14(11-21)12-22/h2-7,10,14H,8-9,11-12,21H2,1H3/t14-/m1/s1. The van der Waals surface area contributed by atoms with E-state index in [0.29, 0.717) is 25.6 Å². The van der Waals surface area contributed by atoms with Crippen molar-refractivity contribution < 1.29 is 9.18 Å². The number of nitrogens with two attached hydrogens (primary N) is 1. The molecule has 1 atom stereocenters. The van der Waals surface area contributed by atoms with Gasteiger partial charge in [0.05, 0.1) is 5.56 Å². The SMILES string of the molecule is Cc1ccc(-c2ccc(C(=O)N3CC[C@H](CN)C3)c(F)c2)cc1. The molecule has 0 bridgehead atoms. The Morgan fingerprint density at radius 2 is 1.91 bits per heavy atom. The number of benzene rings is 2. The highest BCUT2D eigenvalue weighted by Gasteiger charge is 2.27. The predicted octanol–water partition coefficient (Wildman–Crippen LogP) is 3.22. The lowest BCUT2D eigenvalue weighted by atomic mass is 10.0. The van der Waals surface area contributed by atoms with E-state index in [1.54, 1.807) is 17.0 Å². The first-order valence-corrected chi connectivity index (χ1v) is 7.94. The number of rotatable bonds is 3. The van der Waals surface area contributed by atoms with Gasteiger partial charge in [-0.2, -0.15) is 0 Å². The Balaban J connectivity index is 1.82. The molecule has 1 aliphatic heterocycles. The number of halogens is 1. The molecular formula is C19H21FN2O. The highest BCUT2D eigenvalue weighted by molar-refractivity contribution is 5.95. The van der Waals surface area contributed by atoms with Crippen molar-refractivity contribution in [3.8, 4) is 11.1 Å². The quantitative estimate of drug-likeness (QED) is 0.946. The first-order chi connectivity index (χ1) is 11.1. The first kappa shape index (κ1) is 15.7. The van der Waals surface area contributed by atoms with E-state index in [1.807, 2.05) is 31.2 Å². The molecule has 0 spiro atoms. The van der Waals surface area contributed by atoms with E-state index in [1.165, 1.54) is 6.07 Å². The van der Waals surface area contributed by atoms with E-state index >= 15 is 0 Å². The Morgan fingerprint density at radius 1 is 1.22 bits per heavy atom. The number of hydrogen-bond acceptors (Lipinski definition) is 2. The zero-order chi connectivity index (χ0) is 16.4. The summed E-state index contributed by atoms with van der Waals surface area (Å²) in [7, 11) is 0. The van der Waals surface area contributed by atoms with Gasteiger partial charge < -0.3 is 10.6 Å². The third-order valence-corrected chi connectivity index (χ3v) is 4.49. The van der Waals surface area contributed by atoms with Crippen LogP contribution in [-0.2, 0) is 0 Å². The molecule has 4 heteroatoms. The van der Waals surface area contributed by atoms with E-state index in [0.717, 1.165) is 23.1 Å². The summed E-state index contributed by atoms with van der Waals surface area (Å²) < 4.78 is 14.4. The normalized spacial score (nSPS) is 17.5. The van der Waals surface area contributed by atoms with Gasteiger partial charge in [-0.15, -0.1) is 0 Å². The van der Waals surface area contributed by atoms with Crippen LogP contribution in [0.25, 0.3) is 11.1 Å². The molecule has 2 aromatic rings. The minimum atomic E-state index is -0.468. The fraction of sp³-hybridized carbons (Fsp3) is 0.316. The third kappa shape index (κ3) is 3.27. The number of likely N-dealkylation sites (tertiary alicyclic amines) is 1. The maximum atomic E-state index is 14.4. The molecule has 0 saturated carbocycles. The molecule has 2 aromatic carbocycles. The summed E-state index contributed by atoms with van der Waals surface area (Å²) in [5.74, 6) is -0.382. The van der Waals surface area contributed by atoms with Gasteiger partial charge in [-0.3, -0.25) is 4.79 Å². The molecule has 3 nitrogen and oxygen atoms in total. The average molecular weight is 312 g/mol. The molecule has 0 unspecified atom stereocenters. The van der Waals surface area contributed by atoms with Gasteiger partial charge in [0, 0.05) is 13.1 Å². The highest BCUT2D eigenvalue weighted by Crippen LogP contribution is 2.24. The fourth-order valence-electron chi connectivity index (χ4n) is 2.99. The van der Waals surface area contributed by atoms with Crippen LogP contribution in [-0.4, -0.2) is 30.4 Å². The Hall–Kier alpha value is -2.20. The van der Waals surface area contributed by atoms with Gasteiger partial charge >= 0.3 is 0 Å². The van der Waals surface area contributed by atoms with E-state index in [-0.39, 0.29) is 11.5 Å². The molecule has 23 heavy (non-hydrogen) atoms. The molecular weight excluding hydrogens is 291 g/mol. The lowest BCUT2D eigenvalue weighted by Crippen LogP contribution is -2.30. The van der Waals surface area contributed by atoms with E-state index in [2.05, 4.69) is 0 Å². The molecule has 1 aliphatic rings. The van der Waals surface area contributed by atoms with Gasteiger partial charge in [0.15, 0.2) is 0 Å². The number of hydrogen-bond donors (Lipinski definition) is 1. The van der Waals surface area contributed by atoms with E-state index < -0.39 is 5.82 Å². The Kier molecular flexibility index (Phi) is 4.44. The molecule has 0 aromatic heterocycles. The van der Waals surface area contributed by atoms with Gasteiger partial charge in [0.25, 0.3) is 5.91 Å². The minimum Gasteiger partial charge on any atom is -0.338 e. The highest BCUT2D eigenvalue weighted by atomic mass is 19.1. The van der Waals surface area contributed by atoms with Crippen molar-refractivity contribution >= 4 is 5.91 Å². The molecule has 3 rings (SSSR count). The van der Waals surface area contributed by atoms with Gasteiger partial charge in [-0.1, -0.05) is 35.9 Å². The maximum Gasteiger partial charge on any atom is 0.256 e. The van der Waals surface area contributed by atoms with Crippen molar-refractivity contribution in [2.24, 2.45) is 11.7 Å². The van der Waals surface area contributed by atoms with Crippen LogP contribution in [0.2, 0.25) is 0 Å². The Morgan fingerprint density at radius 3 is 2.52 bits per heavy atom. The topological polar surface area (TPSA) is 46.3 Å². The van der Waals surface area contributed by atoms with Gasteiger partial charge in [0.2, 0.25) is 0 Å². The number of aryl methyl sites for hydroxylation is 1. The lowest BCUT2D eigenvalue weighted by molar-refractivity contribution is 0.0783.